The Bertz CT molecular complexity index is 382. The molecular weight excluding hydrogens is 234 g/mol. The molecule has 1 aliphatic rings. The molecule has 2 atom stereocenters. The van der Waals surface area contributed by atoms with E-state index in [4.69, 9.17) is 14.6 Å². The molecule has 0 saturated carbocycles. The highest BCUT2D eigenvalue weighted by atomic mass is 16.6. The smallest absolute Gasteiger partial charge is 0.407 e. The van der Waals surface area contributed by atoms with Crippen LogP contribution in [0.25, 0.3) is 0 Å². The summed E-state index contributed by atoms with van der Waals surface area (Å²) < 4.78 is 10.6. The first kappa shape index (κ1) is 12.9. The number of ether oxygens (including phenoxy) is 2. The Morgan fingerprint density at radius 2 is 2.11 bits per heavy atom. The Labute approximate surface area is 106 Å². The van der Waals surface area contributed by atoms with Gasteiger partial charge in [0.05, 0.1) is 19.3 Å². The van der Waals surface area contributed by atoms with E-state index >= 15 is 0 Å². The van der Waals surface area contributed by atoms with Gasteiger partial charge in [0, 0.05) is 13.0 Å². The maximum atomic E-state index is 11.1. The van der Waals surface area contributed by atoms with E-state index in [1.165, 1.54) is 0 Å². The van der Waals surface area contributed by atoms with Gasteiger partial charge in [-0.05, 0) is 5.56 Å². The molecule has 0 unspecified atom stereocenters. The second-order valence-corrected chi connectivity index (χ2v) is 4.21. The summed E-state index contributed by atoms with van der Waals surface area (Å²) in [6.07, 6.45) is -0.321. The standard InChI is InChI=1S/C13H17NO4/c15-7-6-12-11(14-13(16)18-12)9-17-8-10-4-2-1-3-5-10/h1-5,11-12,15H,6-9H2,(H,14,16)/t11-,12-/m0/s1. The highest BCUT2D eigenvalue weighted by Gasteiger charge is 2.33. The molecule has 1 heterocycles. The lowest BCUT2D eigenvalue weighted by Crippen LogP contribution is -2.36. The first-order valence-electron chi connectivity index (χ1n) is 5.99. The zero-order chi connectivity index (χ0) is 12.8. The fraction of sp³-hybridized carbons (Fsp3) is 0.462. The van der Waals surface area contributed by atoms with Crippen molar-refractivity contribution in [1.82, 2.24) is 5.32 Å². The van der Waals surface area contributed by atoms with Gasteiger partial charge in [0.2, 0.25) is 0 Å². The molecule has 1 aliphatic heterocycles. The number of hydrogen-bond donors (Lipinski definition) is 2. The van der Waals surface area contributed by atoms with Crippen LogP contribution in [0.4, 0.5) is 4.79 Å². The van der Waals surface area contributed by atoms with Gasteiger partial charge in [0.25, 0.3) is 0 Å². The van der Waals surface area contributed by atoms with Crippen molar-refractivity contribution in [2.75, 3.05) is 13.2 Å². The number of amides is 1. The minimum Gasteiger partial charge on any atom is -0.444 e. The van der Waals surface area contributed by atoms with Crippen LogP contribution in [0.5, 0.6) is 0 Å². The highest BCUT2D eigenvalue weighted by molar-refractivity contribution is 5.70. The molecule has 0 spiro atoms. The summed E-state index contributed by atoms with van der Waals surface area (Å²) >= 11 is 0. The van der Waals surface area contributed by atoms with Gasteiger partial charge in [-0.15, -0.1) is 0 Å². The second-order valence-electron chi connectivity index (χ2n) is 4.21. The predicted molar refractivity (Wildman–Crippen MR) is 65.0 cm³/mol. The van der Waals surface area contributed by atoms with E-state index in [1.54, 1.807) is 0 Å². The van der Waals surface area contributed by atoms with Crippen molar-refractivity contribution < 1.29 is 19.4 Å². The van der Waals surface area contributed by atoms with Crippen molar-refractivity contribution in [1.29, 1.82) is 0 Å². The average molecular weight is 251 g/mol. The Morgan fingerprint density at radius 1 is 1.33 bits per heavy atom. The Balaban J connectivity index is 1.77. The molecule has 2 N–H and O–H groups in total. The molecule has 1 aromatic carbocycles. The lowest BCUT2D eigenvalue weighted by atomic mass is 10.1. The maximum absolute atomic E-state index is 11.1. The zero-order valence-electron chi connectivity index (χ0n) is 10.0. The van der Waals surface area contributed by atoms with Gasteiger partial charge in [0.15, 0.2) is 0 Å². The van der Waals surface area contributed by atoms with Crippen molar-refractivity contribution in [2.24, 2.45) is 0 Å². The lowest BCUT2D eigenvalue weighted by molar-refractivity contribution is 0.0614. The SMILES string of the molecule is O=C1N[C@@H](COCc2ccccc2)[C@H](CCO)O1. The number of carbonyl (C=O) groups is 1. The van der Waals surface area contributed by atoms with Gasteiger partial charge < -0.3 is 19.9 Å². The number of nitrogens with one attached hydrogen (secondary N) is 1. The van der Waals surface area contributed by atoms with Gasteiger partial charge in [-0.25, -0.2) is 4.79 Å². The number of alkyl carbamates (subject to hydrolysis) is 1. The third-order valence-corrected chi connectivity index (χ3v) is 2.83. The number of rotatable bonds is 6. The number of benzene rings is 1. The quantitative estimate of drug-likeness (QED) is 0.793. The number of aliphatic hydroxyl groups excluding tert-OH is 1. The normalized spacial score (nSPS) is 22.6. The molecule has 2 rings (SSSR count). The van der Waals surface area contributed by atoms with Crippen LogP contribution in [0, 0.1) is 0 Å². The van der Waals surface area contributed by atoms with E-state index < -0.39 is 6.09 Å². The first-order chi connectivity index (χ1) is 8.79. The summed E-state index contributed by atoms with van der Waals surface area (Å²) in [6, 6.07) is 9.63. The van der Waals surface area contributed by atoms with Crippen LogP contribution in [-0.2, 0) is 16.1 Å². The van der Waals surface area contributed by atoms with Crippen LogP contribution in [0.1, 0.15) is 12.0 Å². The van der Waals surface area contributed by atoms with Crippen molar-refractivity contribution in [3.63, 3.8) is 0 Å². The molecule has 0 bridgehead atoms. The predicted octanol–water partition coefficient (Wildman–Crippen LogP) is 1.06. The molecule has 1 saturated heterocycles. The Hall–Kier alpha value is -1.59. The Kier molecular flexibility index (Phi) is 4.55. The van der Waals surface area contributed by atoms with Crippen molar-refractivity contribution >= 4 is 6.09 Å². The monoisotopic (exact) mass is 251 g/mol. The molecule has 1 aromatic rings. The summed E-state index contributed by atoms with van der Waals surface area (Å²) in [7, 11) is 0. The second kappa shape index (κ2) is 6.37. The molecule has 98 valence electrons. The molecule has 0 radical (unpaired) electrons. The van der Waals surface area contributed by atoms with Crippen LogP contribution >= 0.6 is 0 Å². The third kappa shape index (κ3) is 3.45. The van der Waals surface area contributed by atoms with Crippen molar-refractivity contribution in [2.45, 2.75) is 25.2 Å². The number of cyclic esters (lactones) is 1. The summed E-state index contributed by atoms with van der Waals surface area (Å²) in [5.41, 5.74) is 1.08. The van der Waals surface area contributed by atoms with Crippen LogP contribution in [-0.4, -0.2) is 36.6 Å². The molecule has 0 aliphatic carbocycles. The molecule has 0 aromatic heterocycles. The minimum atomic E-state index is -0.443. The van der Waals surface area contributed by atoms with E-state index in [1.807, 2.05) is 30.3 Å². The maximum Gasteiger partial charge on any atom is 0.407 e. The van der Waals surface area contributed by atoms with Gasteiger partial charge in [-0.1, -0.05) is 30.3 Å². The average Bonchev–Trinajstić information content (AvgIpc) is 2.72. The summed E-state index contributed by atoms with van der Waals surface area (Å²) in [6.45, 7) is 0.874. The van der Waals surface area contributed by atoms with E-state index in [-0.39, 0.29) is 18.8 Å². The van der Waals surface area contributed by atoms with Crippen molar-refractivity contribution in [3.05, 3.63) is 35.9 Å². The molecule has 1 fully saturated rings. The van der Waals surface area contributed by atoms with E-state index in [2.05, 4.69) is 5.32 Å². The summed E-state index contributed by atoms with van der Waals surface area (Å²) in [5, 5.41) is 11.6. The van der Waals surface area contributed by atoms with E-state index in [0.29, 0.717) is 19.6 Å². The van der Waals surface area contributed by atoms with Crippen molar-refractivity contribution in [3.8, 4) is 0 Å². The van der Waals surface area contributed by atoms with E-state index in [9.17, 15) is 4.79 Å². The summed E-state index contributed by atoms with van der Waals surface area (Å²) in [5.74, 6) is 0. The highest BCUT2D eigenvalue weighted by Crippen LogP contribution is 2.13. The van der Waals surface area contributed by atoms with Gasteiger partial charge in [-0.3, -0.25) is 0 Å². The van der Waals surface area contributed by atoms with Crippen LogP contribution < -0.4 is 5.32 Å². The number of carbonyl (C=O) groups excluding carboxylic acids is 1. The lowest BCUT2D eigenvalue weighted by Gasteiger charge is -2.15. The zero-order valence-corrected chi connectivity index (χ0v) is 10.0. The molecule has 1 amide bonds. The largest absolute Gasteiger partial charge is 0.444 e. The fourth-order valence-electron chi connectivity index (χ4n) is 1.91. The molecular formula is C13H17NO4. The topological polar surface area (TPSA) is 67.8 Å². The molecule has 18 heavy (non-hydrogen) atoms. The van der Waals surface area contributed by atoms with Gasteiger partial charge >= 0.3 is 6.09 Å². The molecule has 5 nitrogen and oxygen atoms in total. The summed E-state index contributed by atoms with van der Waals surface area (Å²) in [4.78, 5) is 11.1. The van der Waals surface area contributed by atoms with Crippen LogP contribution in [0.2, 0.25) is 0 Å². The third-order valence-electron chi connectivity index (χ3n) is 2.83. The van der Waals surface area contributed by atoms with Gasteiger partial charge in [-0.2, -0.15) is 0 Å². The Morgan fingerprint density at radius 3 is 2.83 bits per heavy atom. The fourth-order valence-corrected chi connectivity index (χ4v) is 1.91. The number of hydrogen-bond acceptors (Lipinski definition) is 4. The van der Waals surface area contributed by atoms with Crippen LogP contribution in [0.15, 0.2) is 30.3 Å². The van der Waals surface area contributed by atoms with E-state index in [0.717, 1.165) is 5.56 Å². The number of aliphatic hydroxyl groups is 1. The molecule has 5 heteroatoms. The minimum absolute atomic E-state index is 0.00515. The first-order valence-corrected chi connectivity index (χ1v) is 5.99. The van der Waals surface area contributed by atoms with Gasteiger partial charge in [0.1, 0.15) is 6.10 Å². The van der Waals surface area contributed by atoms with Crippen LogP contribution in [0.3, 0.4) is 0 Å².